The van der Waals surface area contributed by atoms with Gasteiger partial charge in [-0.3, -0.25) is 5.10 Å². The average molecular weight is 208 g/mol. The van der Waals surface area contributed by atoms with E-state index in [4.69, 9.17) is 0 Å². The second-order valence-electron chi connectivity index (χ2n) is 4.32. The number of hydrogen-bond donors (Lipinski definition) is 2. The number of H-pyrrole nitrogens is 1. The van der Waals surface area contributed by atoms with Crippen molar-refractivity contribution in [3.63, 3.8) is 0 Å². The molecule has 0 radical (unpaired) electrons. The minimum absolute atomic E-state index is 0.0542. The monoisotopic (exact) mass is 208 g/mol. The van der Waals surface area contributed by atoms with Crippen molar-refractivity contribution in [2.24, 2.45) is 0 Å². The Morgan fingerprint density at radius 1 is 1.40 bits per heavy atom. The van der Waals surface area contributed by atoms with E-state index < -0.39 is 0 Å². The van der Waals surface area contributed by atoms with Gasteiger partial charge < -0.3 is 5.32 Å². The summed E-state index contributed by atoms with van der Waals surface area (Å²) in [7, 11) is 0. The summed E-state index contributed by atoms with van der Waals surface area (Å²) in [6.45, 7) is 5.41. The molecule has 0 spiro atoms. The summed E-state index contributed by atoms with van der Waals surface area (Å²) >= 11 is 0. The molecule has 1 atom stereocenters. The second kappa shape index (κ2) is 4.31. The Kier molecular flexibility index (Phi) is 3.05. The molecule has 4 heteroatoms. The molecule has 1 aliphatic heterocycles. The van der Waals surface area contributed by atoms with Crippen LogP contribution in [0.2, 0.25) is 0 Å². The lowest BCUT2D eigenvalue weighted by Gasteiger charge is -2.25. The van der Waals surface area contributed by atoms with E-state index in [0.29, 0.717) is 0 Å². The third kappa shape index (κ3) is 1.91. The average Bonchev–Trinajstić information content (AvgIpc) is 2.85. The van der Waals surface area contributed by atoms with E-state index in [1.165, 1.54) is 19.3 Å². The number of rotatable bonds is 4. The summed E-state index contributed by atoms with van der Waals surface area (Å²) in [6, 6.07) is 0. The molecule has 15 heavy (non-hydrogen) atoms. The highest BCUT2D eigenvalue weighted by molar-refractivity contribution is 5.09. The van der Waals surface area contributed by atoms with E-state index in [2.05, 4.69) is 34.3 Å². The van der Waals surface area contributed by atoms with E-state index in [9.17, 15) is 0 Å². The number of aromatic nitrogens is 3. The zero-order chi connectivity index (χ0) is 10.7. The number of nitrogens with one attached hydrogen (secondary N) is 2. The third-order valence-corrected chi connectivity index (χ3v) is 3.22. The van der Waals surface area contributed by atoms with Gasteiger partial charge >= 0.3 is 0 Å². The quantitative estimate of drug-likeness (QED) is 0.792. The zero-order valence-corrected chi connectivity index (χ0v) is 9.64. The van der Waals surface area contributed by atoms with E-state index >= 15 is 0 Å². The smallest absolute Gasteiger partial charge is 0.170 e. The first-order valence-corrected chi connectivity index (χ1v) is 5.97. The molecule has 0 amide bonds. The minimum Gasteiger partial charge on any atom is -0.305 e. The highest BCUT2D eigenvalue weighted by atomic mass is 15.2. The molecule has 84 valence electrons. The van der Waals surface area contributed by atoms with Gasteiger partial charge in [0.25, 0.3) is 0 Å². The maximum atomic E-state index is 4.57. The van der Waals surface area contributed by atoms with Crippen LogP contribution in [0.3, 0.4) is 0 Å². The lowest BCUT2D eigenvalue weighted by atomic mass is 9.91. The predicted molar refractivity (Wildman–Crippen MR) is 59.6 cm³/mol. The van der Waals surface area contributed by atoms with Gasteiger partial charge in [0.05, 0.1) is 5.54 Å². The van der Waals surface area contributed by atoms with Gasteiger partial charge in [0, 0.05) is 6.42 Å². The highest BCUT2D eigenvalue weighted by Gasteiger charge is 2.37. The molecule has 1 aromatic heterocycles. The Hall–Kier alpha value is -0.900. The van der Waals surface area contributed by atoms with E-state index in [1.54, 1.807) is 0 Å². The summed E-state index contributed by atoms with van der Waals surface area (Å²) in [5, 5.41) is 11.0. The first kappa shape index (κ1) is 10.6. The number of aromatic amines is 1. The SMILES string of the molecule is CCCC1(c2n[nH]c(CC)n2)CCCN1. The van der Waals surface area contributed by atoms with Crippen LogP contribution < -0.4 is 5.32 Å². The van der Waals surface area contributed by atoms with Crippen LogP contribution >= 0.6 is 0 Å². The van der Waals surface area contributed by atoms with Crippen LogP contribution in [-0.2, 0) is 12.0 Å². The first-order valence-electron chi connectivity index (χ1n) is 5.97. The van der Waals surface area contributed by atoms with E-state index in [-0.39, 0.29) is 5.54 Å². The summed E-state index contributed by atoms with van der Waals surface area (Å²) in [5.41, 5.74) is 0.0542. The van der Waals surface area contributed by atoms with Crippen LogP contribution in [-0.4, -0.2) is 21.7 Å². The molecule has 1 aromatic rings. The second-order valence-corrected chi connectivity index (χ2v) is 4.32. The largest absolute Gasteiger partial charge is 0.305 e. The van der Waals surface area contributed by atoms with Gasteiger partial charge in [-0.05, 0) is 25.8 Å². The molecular weight excluding hydrogens is 188 g/mol. The van der Waals surface area contributed by atoms with Gasteiger partial charge in [-0.2, -0.15) is 5.10 Å². The minimum atomic E-state index is 0.0542. The van der Waals surface area contributed by atoms with Crippen molar-refractivity contribution in [3.05, 3.63) is 11.6 Å². The van der Waals surface area contributed by atoms with Crippen LogP contribution in [0.5, 0.6) is 0 Å². The van der Waals surface area contributed by atoms with Crippen molar-refractivity contribution in [3.8, 4) is 0 Å². The van der Waals surface area contributed by atoms with Gasteiger partial charge in [-0.1, -0.05) is 20.3 Å². The maximum Gasteiger partial charge on any atom is 0.170 e. The van der Waals surface area contributed by atoms with Gasteiger partial charge in [0.1, 0.15) is 5.82 Å². The highest BCUT2D eigenvalue weighted by Crippen LogP contribution is 2.32. The standard InChI is InChI=1S/C11H20N4/c1-3-6-11(7-5-8-12-11)10-13-9(4-2)14-15-10/h12H,3-8H2,1-2H3,(H,13,14,15). The van der Waals surface area contributed by atoms with Crippen LogP contribution in [0.1, 0.15) is 51.2 Å². The Morgan fingerprint density at radius 2 is 2.27 bits per heavy atom. The molecule has 2 N–H and O–H groups in total. The normalized spacial score (nSPS) is 26.0. The lowest BCUT2D eigenvalue weighted by Crippen LogP contribution is -2.37. The van der Waals surface area contributed by atoms with Gasteiger partial charge in [-0.15, -0.1) is 0 Å². The molecule has 4 nitrogen and oxygen atoms in total. The zero-order valence-electron chi connectivity index (χ0n) is 9.64. The summed E-state index contributed by atoms with van der Waals surface area (Å²) < 4.78 is 0. The van der Waals surface area contributed by atoms with Crippen LogP contribution in [0, 0.1) is 0 Å². The molecule has 1 aliphatic rings. The molecule has 1 fully saturated rings. The van der Waals surface area contributed by atoms with Crippen molar-refractivity contribution < 1.29 is 0 Å². The molecule has 2 rings (SSSR count). The van der Waals surface area contributed by atoms with Crippen LogP contribution in [0.4, 0.5) is 0 Å². The lowest BCUT2D eigenvalue weighted by molar-refractivity contribution is 0.335. The Balaban J connectivity index is 2.23. The Bertz CT molecular complexity index is 312. The number of aryl methyl sites for hydroxylation is 1. The maximum absolute atomic E-state index is 4.57. The van der Waals surface area contributed by atoms with E-state index in [0.717, 1.165) is 31.0 Å². The van der Waals surface area contributed by atoms with Crippen molar-refractivity contribution >= 4 is 0 Å². The molecular formula is C11H20N4. The molecule has 0 saturated carbocycles. The molecule has 1 saturated heterocycles. The molecule has 1 unspecified atom stereocenters. The van der Waals surface area contributed by atoms with Crippen LogP contribution in [0.25, 0.3) is 0 Å². The first-order chi connectivity index (χ1) is 7.30. The van der Waals surface area contributed by atoms with Gasteiger partial charge in [-0.25, -0.2) is 4.98 Å². The Morgan fingerprint density at radius 3 is 2.80 bits per heavy atom. The fourth-order valence-electron chi connectivity index (χ4n) is 2.42. The fraction of sp³-hybridized carbons (Fsp3) is 0.818. The third-order valence-electron chi connectivity index (χ3n) is 3.22. The van der Waals surface area contributed by atoms with Crippen molar-refractivity contribution in [2.45, 2.75) is 51.5 Å². The predicted octanol–water partition coefficient (Wildman–Crippen LogP) is 1.75. The molecule has 0 aliphatic carbocycles. The van der Waals surface area contributed by atoms with Gasteiger partial charge in [0.15, 0.2) is 5.82 Å². The number of nitrogens with zero attached hydrogens (tertiary/aromatic N) is 2. The molecule has 0 aromatic carbocycles. The van der Waals surface area contributed by atoms with Crippen molar-refractivity contribution in [1.82, 2.24) is 20.5 Å². The summed E-state index contributed by atoms with van der Waals surface area (Å²) in [4.78, 5) is 4.57. The molecule has 0 bridgehead atoms. The summed E-state index contributed by atoms with van der Waals surface area (Å²) in [5.74, 6) is 1.97. The van der Waals surface area contributed by atoms with Crippen molar-refractivity contribution in [1.29, 1.82) is 0 Å². The van der Waals surface area contributed by atoms with E-state index in [1.807, 2.05) is 0 Å². The van der Waals surface area contributed by atoms with Gasteiger partial charge in [0.2, 0.25) is 0 Å². The van der Waals surface area contributed by atoms with Crippen LogP contribution in [0.15, 0.2) is 0 Å². The number of hydrogen-bond acceptors (Lipinski definition) is 3. The summed E-state index contributed by atoms with van der Waals surface area (Å²) in [6.07, 6.45) is 5.63. The topological polar surface area (TPSA) is 53.6 Å². The fourth-order valence-corrected chi connectivity index (χ4v) is 2.42. The van der Waals surface area contributed by atoms with Crippen molar-refractivity contribution in [2.75, 3.05) is 6.54 Å². The Labute approximate surface area is 90.9 Å². The molecule has 2 heterocycles.